The second-order valence-corrected chi connectivity index (χ2v) is 10.2. The maximum atomic E-state index is 13.5. The molecule has 33 heavy (non-hydrogen) atoms. The predicted octanol–water partition coefficient (Wildman–Crippen LogP) is 4.40. The van der Waals surface area contributed by atoms with Gasteiger partial charge in [-0.15, -0.1) is 0 Å². The summed E-state index contributed by atoms with van der Waals surface area (Å²) in [5.74, 6) is 0.0682. The van der Waals surface area contributed by atoms with Crippen molar-refractivity contribution in [2.75, 3.05) is 18.4 Å². The third-order valence-corrected chi connectivity index (χ3v) is 7.80. The van der Waals surface area contributed by atoms with E-state index in [2.05, 4.69) is 10.5 Å². The Hall–Kier alpha value is -3.17. The van der Waals surface area contributed by atoms with Crippen molar-refractivity contribution in [1.82, 2.24) is 9.46 Å². The van der Waals surface area contributed by atoms with Crippen LogP contribution in [0.4, 0.5) is 5.69 Å². The van der Waals surface area contributed by atoms with Crippen LogP contribution in [0.5, 0.6) is 0 Å². The van der Waals surface area contributed by atoms with Gasteiger partial charge in [-0.1, -0.05) is 17.3 Å². The SMILES string of the molecule is Cc1ccc(C)c(NC(=O)[C@@H]2CCCN(S(=O)(=O)c3c(C)noc3/C=C/c3ccco3)C2)c1. The van der Waals surface area contributed by atoms with Gasteiger partial charge in [0.1, 0.15) is 11.5 Å². The largest absolute Gasteiger partial charge is 0.465 e. The Balaban J connectivity index is 1.54. The zero-order valence-electron chi connectivity index (χ0n) is 18.9. The maximum absolute atomic E-state index is 13.5. The number of carbonyl (C=O) groups is 1. The maximum Gasteiger partial charge on any atom is 0.248 e. The van der Waals surface area contributed by atoms with Crippen molar-refractivity contribution in [2.45, 2.75) is 38.5 Å². The van der Waals surface area contributed by atoms with Crippen molar-refractivity contribution >= 4 is 33.8 Å². The average molecular weight is 470 g/mol. The lowest BCUT2D eigenvalue weighted by Gasteiger charge is -2.31. The lowest BCUT2D eigenvalue weighted by Crippen LogP contribution is -2.44. The zero-order valence-corrected chi connectivity index (χ0v) is 19.7. The van der Waals surface area contributed by atoms with Gasteiger partial charge in [-0.05, 0) is 75.1 Å². The van der Waals surface area contributed by atoms with Crippen molar-refractivity contribution in [3.8, 4) is 0 Å². The summed E-state index contributed by atoms with van der Waals surface area (Å²) in [7, 11) is -3.91. The number of furan rings is 1. The fraction of sp³-hybridized carbons (Fsp3) is 0.333. The average Bonchev–Trinajstić information content (AvgIpc) is 3.44. The van der Waals surface area contributed by atoms with E-state index >= 15 is 0 Å². The summed E-state index contributed by atoms with van der Waals surface area (Å²) in [6.07, 6.45) is 5.89. The van der Waals surface area contributed by atoms with Gasteiger partial charge < -0.3 is 14.3 Å². The number of benzene rings is 1. The molecule has 3 heterocycles. The first kappa shape index (κ1) is 23.0. The van der Waals surface area contributed by atoms with E-state index in [1.54, 1.807) is 25.1 Å². The Labute approximate surface area is 193 Å². The van der Waals surface area contributed by atoms with E-state index in [1.165, 1.54) is 16.6 Å². The van der Waals surface area contributed by atoms with Crippen molar-refractivity contribution in [1.29, 1.82) is 0 Å². The van der Waals surface area contributed by atoms with Gasteiger partial charge in [0.15, 0.2) is 10.7 Å². The van der Waals surface area contributed by atoms with Crippen LogP contribution in [-0.4, -0.2) is 36.9 Å². The van der Waals surface area contributed by atoms with Gasteiger partial charge in [0, 0.05) is 18.8 Å². The predicted molar refractivity (Wildman–Crippen MR) is 125 cm³/mol. The van der Waals surface area contributed by atoms with Crippen molar-refractivity contribution in [2.24, 2.45) is 5.92 Å². The molecule has 0 unspecified atom stereocenters. The first-order valence-corrected chi connectivity index (χ1v) is 12.3. The zero-order chi connectivity index (χ0) is 23.6. The number of nitrogens with zero attached hydrogens (tertiary/aromatic N) is 2. The Kier molecular flexibility index (Phi) is 6.53. The second-order valence-electron chi connectivity index (χ2n) is 8.32. The van der Waals surface area contributed by atoms with E-state index in [0.717, 1.165) is 16.8 Å². The molecule has 0 saturated carbocycles. The van der Waals surface area contributed by atoms with Crippen LogP contribution in [0.3, 0.4) is 0 Å². The van der Waals surface area contributed by atoms with Crippen molar-refractivity contribution < 1.29 is 22.2 Å². The molecule has 1 fully saturated rings. The fourth-order valence-electron chi connectivity index (χ4n) is 3.95. The lowest BCUT2D eigenvalue weighted by atomic mass is 9.98. The number of amides is 1. The van der Waals surface area contributed by atoms with Crippen molar-refractivity contribution in [3.05, 3.63) is 64.9 Å². The van der Waals surface area contributed by atoms with Crippen LogP contribution in [0.1, 0.15) is 41.2 Å². The molecule has 1 amide bonds. The van der Waals surface area contributed by atoms with Crippen LogP contribution in [0.2, 0.25) is 0 Å². The van der Waals surface area contributed by atoms with Gasteiger partial charge in [0.05, 0.1) is 12.2 Å². The molecule has 1 N–H and O–H groups in total. The molecule has 1 saturated heterocycles. The second kappa shape index (κ2) is 9.36. The molecule has 1 aromatic carbocycles. The van der Waals surface area contributed by atoms with Gasteiger partial charge in [-0.2, -0.15) is 4.31 Å². The highest BCUT2D eigenvalue weighted by molar-refractivity contribution is 7.89. The molecule has 0 radical (unpaired) electrons. The van der Waals surface area contributed by atoms with Crippen LogP contribution in [0.15, 0.2) is 50.4 Å². The summed E-state index contributed by atoms with van der Waals surface area (Å²) in [5.41, 5.74) is 3.03. The Bertz CT molecular complexity index is 1280. The van der Waals surface area contributed by atoms with E-state index in [0.29, 0.717) is 25.1 Å². The fourth-order valence-corrected chi connectivity index (χ4v) is 5.73. The minimum Gasteiger partial charge on any atom is -0.465 e. The number of aryl methyl sites for hydroxylation is 3. The number of carbonyl (C=O) groups excluding carboxylic acids is 1. The van der Waals surface area contributed by atoms with E-state index < -0.39 is 15.9 Å². The van der Waals surface area contributed by atoms with Crippen LogP contribution in [0, 0.1) is 26.7 Å². The third-order valence-electron chi connectivity index (χ3n) is 5.78. The first-order valence-electron chi connectivity index (χ1n) is 10.8. The molecule has 2 aromatic heterocycles. The monoisotopic (exact) mass is 469 g/mol. The van der Waals surface area contributed by atoms with Crippen LogP contribution in [-0.2, 0) is 14.8 Å². The van der Waals surface area contributed by atoms with E-state index in [9.17, 15) is 13.2 Å². The molecule has 1 atom stereocenters. The minimum absolute atomic E-state index is 0.0147. The Morgan fingerprint density at radius 2 is 2.03 bits per heavy atom. The number of aromatic nitrogens is 1. The normalized spacial score (nSPS) is 17.5. The van der Waals surface area contributed by atoms with Crippen LogP contribution >= 0.6 is 0 Å². The Morgan fingerprint density at radius 1 is 1.21 bits per heavy atom. The summed E-state index contributed by atoms with van der Waals surface area (Å²) in [4.78, 5) is 13.0. The van der Waals surface area contributed by atoms with Gasteiger partial charge in [-0.25, -0.2) is 8.42 Å². The summed E-state index contributed by atoms with van der Waals surface area (Å²) in [6, 6.07) is 9.34. The van der Waals surface area contributed by atoms with Gasteiger partial charge >= 0.3 is 0 Å². The van der Waals surface area contributed by atoms with Gasteiger partial charge in [0.2, 0.25) is 15.9 Å². The van der Waals surface area contributed by atoms with Crippen LogP contribution < -0.4 is 5.32 Å². The topological polar surface area (TPSA) is 106 Å². The number of nitrogens with one attached hydrogen (secondary N) is 1. The quantitative estimate of drug-likeness (QED) is 0.574. The summed E-state index contributed by atoms with van der Waals surface area (Å²) in [6.45, 7) is 5.92. The van der Waals surface area contributed by atoms with E-state index in [4.69, 9.17) is 8.94 Å². The highest BCUT2D eigenvalue weighted by Crippen LogP contribution is 2.30. The molecule has 0 spiro atoms. The standard InChI is InChI=1S/C24H27N3O5S/c1-16-8-9-17(2)21(14-16)25-24(28)19-6-4-12-27(15-19)33(29,30)23-18(3)26-32-22(23)11-10-20-7-5-13-31-20/h5,7-11,13-14,19H,4,6,12,15H2,1-3H3,(H,25,28)/b11-10+/t19-/m1/s1. The summed E-state index contributed by atoms with van der Waals surface area (Å²) < 4.78 is 38.9. The highest BCUT2D eigenvalue weighted by Gasteiger charge is 2.37. The number of hydrogen-bond acceptors (Lipinski definition) is 6. The van der Waals surface area contributed by atoms with Crippen molar-refractivity contribution in [3.63, 3.8) is 0 Å². The summed E-state index contributed by atoms with van der Waals surface area (Å²) >= 11 is 0. The van der Waals surface area contributed by atoms with Gasteiger partial charge in [0.25, 0.3) is 0 Å². The molecule has 0 aliphatic carbocycles. The van der Waals surface area contributed by atoms with Crippen LogP contribution in [0.25, 0.3) is 12.2 Å². The number of anilines is 1. The number of piperidine rings is 1. The minimum atomic E-state index is -3.91. The molecular formula is C24H27N3O5S. The molecule has 0 bridgehead atoms. The Morgan fingerprint density at radius 3 is 2.79 bits per heavy atom. The molecular weight excluding hydrogens is 442 g/mol. The molecule has 3 aromatic rings. The molecule has 174 valence electrons. The summed E-state index contributed by atoms with van der Waals surface area (Å²) in [5, 5.41) is 6.84. The lowest BCUT2D eigenvalue weighted by molar-refractivity contribution is -0.120. The first-order chi connectivity index (χ1) is 15.8. The van der Waals surface area contributed by atoms with Gasteiger partial charge in [-0.3, -0.25) is 4.79 Å². The molecule has 4 rings (SSSR count). The number of rotatable bonds is 6. The molecule has 8 nitrogen and oxygen atoms in total. The highest BCUT2D eigenvalue weighted by atomic mass is 32.2. The molecule has 1 aliphatic heterocycles. The smallest absolute Gasteiger partial charge is 0.248 e. The molecule has 1 aliphatic rings. The number of sulfonamides is 1. The third kappa shape index (κ3) is 4.94. The van der Waals surface area contributed by atoms with E-state index in [-0.39, 0.29) is 28.8 Å². The molecule has 9 heteroatoms. The number of hydrogen-bond donors (Lipinski definition) is 1. The van der Waals surface area contributed by atoms with E-state index in [1.807, 2.05) is 32.0 Å².